The predicted octanol–water partition coefficient (Wildman–Crippen LogP) is 1.85. The average molecular weight is 353 g/mol. The summed E-state index contributed by atoms with van der Waals surface area (Å²) in [5.74, 6) is 0.384. The number of hydrogen-bond donors (Lipinski definition) is 1. The molecule has 8 heteroatoms. The molecule has 8 nitrogen and oxygen atoms in total. The van der Waals surface area contributed by atoms with Crippen molar-refractivity contribution in [3.05, 3.63) is 48.5 Å². The monoisotopic (exact) mass is 353 g/mol. The standard InChI is InChI=1S/C18H19N5O3/c19-16-15-17(21-9-20-16)23(10-22-15)12-6-13-14(24-7-12)8-25-18(26-13)11-4-2-1-3-5-11/h1-5,9-10,12-14,18H,6-8H2,(H2,19,20,21)/t12-,13-,14+,18?/m0/s1. The van der Waals surface area contributed by atoms with Crippen molar-refractivity contribution in [1.29, 1.82) is 0 Å². The minimum atomic E-state index is -0.364. The zero-order valence-corrected chi connectivity index (χ0v) is 14.1. The minimum Gasteiger partial charge on any atom is -0.382 e. The first-order valence-electron chi connectivity index (χ1n) is 8.66. The average Bonchev–Trinajstić information content (AvgIpc) is 3.13. The molecular formula is C18H19N5O3. The van der Waals surface area contributed by atoms with Crippen LogP contribution in [0.2, 0.25) is 0 Å². The lowest BCUT2D eigenvalue weighted by molar-refractivity contribution is -0.282. The first-order chi connectivity index (χ1) is 12.8. The van der Waals surface area contributed by atoms with Crippen molar-refractivity contribution >= 4 is 17.0 Å². The summed E-state index contributed by atoms with van der Waals surface area (Å²) >= 11 is 0. The maximum Gasteiger partial charge on any atom is 0.184 e. The van der Waals surface area contributed by atoms with Gasteiger partial charge in [-0.15, -0.1) is 0 Å². The number of fused-ring (bicyclic) bond motifs is 2. The van der Waals surface area contributed by atoms with Crippen LogP contribution in [0.25, 0.3) is 11.2 Å². The van der Waals surface area contributed by atoms with E-state index >= 15 is 0 Å². The normalized spacial score (nSPS) is 28.8. The second-order valence-electron chi connectivity index (χ2n) is 6.59. The van der Waals surface area contributed by atoms with Gasteiger partial charge in [0.25, 0.3) is 0 Å². The third-order valence-corrected chi connectivity index (χ3v) is 4.98. The molecule has 0 amide bonds. The van der Waals surface area contributed by atoms with Gasteiger partial charge in [0.15, 0.2) is 17.8 Å². The molecule has 2 aromatic heterocycles. The van der Waals surface area contributed by atoms with Crippen molar-refractivity contribution in [2.24, 2.45) is 0 Å². The lowest BCUT2D eigenvalue weighted by Crippen LogP contribution is -2.47. The van der Waals surface area contributed by atoms with Gasteiger partial charge in [-0.25, -0.2) is 15.0 Å². The van der Waals surface area contributed by atoms with E-state index < -0.39 is 0 Å². The maximum atomic E-state index is 6.20. The Kier molecular flexibility index (Phi) is 3.81. The van der Waals surface area contributed by atoms with Crippen LogP contribution in [0.3, 0.4) is 0 Å². The molecule has 5 rings (SSSR count). The summed E-state index contributed by atoms with van der Waals surface area (Å²) in [5.41, 5.74) is 8.24. The van der Waals surface area contributed by atoms with Gasteiger partial charge in [-0.2, -0.15) is 0 Å². The minimum absolute atomic E-state index is 0.0515. The molecule has 4 heterocycles. The highest BCUT2D eigenvalue weighted by molar-refractivity contribution is 5.81. The molecule has 1 aromatic carbocycles. The fourth-order valence-corrected chi connectivity index (χ4v) is 3.62. The summed E-state index contributed by atoms with van der Waals surface area (Å²) in [7, 11) is 0. The van der Waals surface area contributed by atoms with Crippen LogP contribution in [0.5, 0.6) is 0 Å². The van der Waals surface area contributed by atoms with Crippen LogP contribution in [0.4, 0.5) is 5.82 Å². The van der Waals surface area contributed by atoms with Crippen molar-refractivity contribution < 1.29 is 14.2 Å². The van der Waals surface area contributed by atoms with Crippen molar-refractivity contribution in [3.63, 3.8) is 0 Å². The van der Waals surface area contributed by atoms with Crippen molar-refractivity contribution in [3.8, 4) is 0 Å². The Morgan fingerprint density at radius 3 is 2.77 bits per heavy atom. The van der Waals surface area contributed by atoms with Gasteiger partial charge in [0.05, 0.1) is 31.7 Å². The number of aromatic nitrogens is 4. The van der Waals surface area contributed by atoms with Gasteiger partial charge in [-0.1, -0.05) is 30.3 Å². The fourth-order valence-electron chi connectivity index (χ4n) is 3.62. The quantitative estimate of drug-likeness (QED) is 0.751. The fraction of sp³-hybridized carbons (Fsp3) is 0.389. The molecule has 134 valence electrons. The Morgan fingerprint density at radius 2 is 1.88 bits per heavy atom. The van der Waals surface area contributed by atoms with Crippen LogP contribution in [0.1, 0.15) is 24.3 Å². The molecule has 2 N–H and O–H groups in total. The molecular weight excluding hydrogens is 334 g/mol. The van der Waals surface area contributed by atoms with E-state index in [4.69, 9.17) is 19.9 Å². The molecule has 0 saturated carbocycles. The van der Waals surface area contributed by atoms with E-state index in [1.807, 2.05) is 34.9 Å². The van der Waals surface area contributed by atoms with Crippen molar-refractivity contribution in [2.45, 2.75) is 31.0 Å². The Balaban J connectivity index is 1.38. The molecule has 0 radical (unpaired) electrons. The highest BCUT2D eigenvalue weighted by Gasteiger charge is 2.39. The van der Waals surface area contributed by atoms with Gasteiger partial charge in [0.2, 0.25) is 0 Å². The smallest absolute Gasteiger partial charge is 0.184 e. The molecule has 0 spiro atoms. The van der Waals surface area contributed by atoms with Gasteiger partial charge in [-0.3, -0.25) is 0 Å². The zero-order valence-electron chi connectivity index (χ0n) is 14.1. The van der Waals surface area contributed by atoms with Crippen LogP contribution in [0.15, 0.2) is 43.0 Å². The van der Waals surface area contributed by atoms with E-state index in [-0.39, 0.29) is 24.5 Å². The largest absolute Gasteiger partial charge is 0.382 e. The summed E-state index contributed by atoms with van der Waals surface area (Å²) in [6.45, 7) is 1.08. The number of ether oxygens (including phenoxy) is 3. The van der Waals surface area contributed by atoms with Gasteiger partial charge < -0.3 is 24.5 Å². The van der Waals surface area contributed by atoms with Gasteiger partial charge in [0.1, 0.15) is 17.9 Å². The van der Waals surface area contributed by atoms with E-state index in [0.717, 1.165) is 17.6 Å². The first kappa shape index (κ1) is 15.7. The lowest BCUT2D eigenvalue weighted by atomic mass is 10.0. The number of nitrogens with two attached hydrogens (primary N) is 1. The second kappa shape index (κ2) is 6.31. The Labute approximate surface area is 149 Å². The molecule has 0 bridgehead atoms. The topological polar surface area (TPSA) is 97.3 Å². The number of nitrogen functional groups attached to an aromatic ring is 1. The Bertz CT molecular complexity index is 916. The van der Waals surface area contributed by atoms with E-state index in [0.29, 0.717) is 24.5 Å². The Morgan fingerprint density at radius 1 is 1.00 bits per heavy atom. The van der Waals surface area contributed by atoms with E-state index in [1.54, 1.807) is 6.33 Å². The summed E-state index contributed by atoms with van der Waals surface area (Å²) in [5, 5.41) is 0. The number of rotatable bonds is 2. The number of hydrogen-bond acceptors (Lipinski definition) is 7. The van der Waals surface area contributed by atoms with Crippen molar-refractivity contribution in [1.82, 2.24) is 19.5 Å². The van der Waals surface area contributed by atoms with E-state index in [9.17, 15) is 0 Å². The van der Waals surface area contributed by atoms with Gasteiger partial charge in [0, 0.05) is 5.56 Å². The molecule has 0 aliphatic carbocycles. The third kappa shape index (κ3) is 2.63. The van der Waals surface area contributed by atoms with Crippen LogP contribution < -0.4 is 5.73 Å². The van der Waals surface area contributed by atoms with E-state index in [1.165, 1.54) is 6.33 Å². The number of anilines is 1. The SMILES string of the molecule is Nc1ncnc2c1ncn2[C@@H]1CO[C@@H]2COC(c3ccccc3)O[C@H]2C1. The summed E-state index contributed by atoms with van der Waals surface area (Å²) in [4.78, 5) is 12.7. The summed E-state index contributed by atoms with van der Waals surface area (Å²) < 4.78 is 20.1. The van der Waals surface area contributed by atoms with Crippen LogP contribution in [-0.4, -0.2) is 44.9 Å². The third-order valence-electron chi connectivity index (χ3n) is 4.98. The van der Waals surface area contributed by atoms with E-state index in [2.05, 4.69) is 15.0 Å². The molecule has 2 fully saturated rings. The summed E-state index contributed by atoms with van der Waals surface area (Å²) in [6, 6.07) is 10.0. The summed E-state index contributed by atoms with van der Waals surface area (Å²) in [6.07, 6.45) is 3.53. The Hall–Kier alpha value is -2.55. The number of imidazole rings is 1. The maximum absolute atomic E-state index is 6.20. The molecule has 1 unspecified atom stereocenters. The molecule has 26 heavy (non-hydrogen) atoms. The zero-order chi connectivity index (χ0) is 17.5. The van der Waals surface area contributed by atoms with Crippen LogP contribution in [-0.2, 0) is 14.2 Å². The molecule has 2 saturated heterocycles. The van der Waals surface area contributed by atoms with Gasteiger partial charge in [-0.05, 0) is 6.42 Å². The number of benzene rings is 1. The van der Waals surface area contributed by atoms with Crippen LogP contribution >= 0.6 is 0 Å². The number of nitrogens with zero attached hydrogens (tertiary/aromatic N) is 4. The molecule has 2 aliphatic rings. The predicted molar refractivity (Wildman–Crippen MR) is 93.1 cm³/mol. The van der Waals surface area contributed by atoms with Crippen molar-refractivity contribution in [2.75, 3.05) is 18.9 Å². The molecule has 4 atom stereocenters. The lowest BCUT2D eigenvalue weighted by Gasteiger charge is -2.42. The molecule has 3 aromatic rings. The highest BCUT2D eigenvalue weighted by Crippen LogP contribution is 2.35. The molecule has 2 aliphatic heterocycles. The van der Waals surface area contributed by atoms with Gasteiger partial charge >= 0.3 is 0 Å². The highest BCUT2D eigenvalue weighted by atomic mass is 16.7. The first-order valence-corrected chi connectivity index (χ1v) is 8.66. The second-order valence-corrected chi connectivity index (χ2v) is 6.59. The van der Waals surface area contributed by atoms with Crippen LogP contribution in [0, 0.1) is 0 Å².